The molecular formula is C14H22N4O2S. The van der Waals surface area contributed by atoms with Gasteiger partial charge in [-0.1, -0.05) is 0 Å². The van der Waals surface area contributed by atoms with Crippen LogP contribution in [0.15, 0.2) is 0 Å². The van der Waals surface area contributed by atoms with E-state index in [4.69, 9.17) is 0 Å². The quantitative estimate of drug-likeness (QED) is 0.912. The molecule has 0 bridgehead atoms. The Bertz CT molecular complexity index is 516. The van der Waals surface area contributed by atoms with Gasteiger partial charge in [-0.15, -0.1) is 11.3 Å². The minimum absolute atomic E-state index is 0.0416. The van der Waals surface area contributed by atoms with Gasteiger partial charge in [0.1, 0.15) is 0 Å². The molecule has 1 saturated heterocycles. The van der Waals surface area contributed by atoms with Crippen LogP contribution >= 0.6 is 11.3 Å². The number of aromatic nitrogens is 1. The lowest BCUT2D eigenvalue weighted by Crippen LogP contribution is -2.53. The number of hydrogen-bond acceptors (Lipinski definition) is 5. The SMILES string of the molecule is CC(=O)N1CCN(C(C)C(=O)Nc2nc(C)c(C)s2)CC1. The van der Waals surface area contributed by atoms with Crippen molar-refractivity contribution in [2.24, 2.45) is 0 Å². The van der Waals surface area contributed by atoms with Gasteiger partial charge in [-0.25, -0.2) is 4.98 Å². The van der Waals surface area contributed by atoms with Gasteiger partial charge < -0.3 is 10.2 Å². The largest absolute Gasteiger partial charge is 0.340 e. The first-order chi connectivity index (χ1) is 9.88. The second-order valence-electron chi connectivity index (χ2n) is 5.37. The topological polar surface area (TPSA) is 65.5 Å². The first-order valence-electron chi connectivity index (χ1n) is 7.13. The zero-order valence-corrected chi connectivity index (χ0v) is 13.8. The van der Waals surface area contributed by atoms with Crippen LogP contribution in [-0.4, -0.2) is 58.8 Å². The molecule has 1 aromatic rings. The van der Waals surface area contributed by atoms with Gasteiger partial charge >= 0.3 is 0 Å². The maximum Gasteiger partial charge on any atom is 0.243 e. The highest BCUT2D eigenvalue weighted by molar-refractivity contribution is 7.15. The minimum Gasteiger partial charge on any atom is -0.340 e. The van der Waals surface area contributed by atoms with Gasteiger partial charge in [0.05, 0.1) is 11.7 Å². The van der Waals surface area contributed by atoms with Crippen LogP contribution in [0.5, 0.6) is 0 Å². The summed E-state index contributed by atoms with van der Waals surface area (Å²) in [7, 11) is 0. The standard InChI is InChI=1S/C14H22N4O2S/c1-9-11(3)21-14(15-9)16-13(20)10(2)17-5-7-18(8-6-17)12(4)19/h10H,5-8H2,1-4H3,(H,15,16,20). The predicted molar refractivity (Wildman–Crippen MR) is 83.5 cm³/mol. The number of carbonyl (C=O) groups is 2. The number of anilines is 1. The van der Waals surface area contributed by atoms with Gasteiger partial charge in [-0.05, 0) is 20.8 Å². The highest BCUT2D eigenvalue weighted by Gasteiger charge is 2.26. The van der Waals surface area contributed by atoms with E-state index in [9.17, 15) is 9.59 Å². The van der Waals surface area contributed by atoms with Crippen molar-refractivity contribution in [1.82, 2.24) is 14.8 Å². The molecule has 0 spiro atoms. The molecule has 21 heavy (non-hydrogen) atoms. The minimum atomic E-state index is -0.219. The lowest BCUT2D eigenvalue weighted by molar-refractivity contribution is -0.131. The van der Waals surface area contributed by atoms with Crippen molar-refractivity contribution in [1.29, 1.82) is 0 Å². The Balaban J connectivity index is 1.89. The normalized spacial score (nSPS) is 17.6. The maximum atomic E-state index is 12.3. The van der Waals surface area contributed by atoms with E-state index in [-0.39, 0.29) is 17.9 Å². The summed E-state index contributed by atoms with van der Waals surface area (Å²) >= 11 is 1.50. The monoisotopic (exact) mass is 310 g/mol. The number of nitrogens with zero attached hydrogens (tertiary/aromatic N) is 3. The molecule has 1 atom stereocenters. The smallest absolute Gasteiger partial charge is 0.243 e. The molecule has 0 aliphatic carbocycles. The maximum absolute atomic E-state index is 12.3. The molecule has 2 amide bonds. The van der Waals surface area contributed by atoms with Crippen molar-refractivity contribution in [3.8, 4) is 0 Å². The Morgan fingerprint density at radius 3 is 2.33 bits per heavy atom. The number of piperazine rings is 1. The number of aryl methyl sites for hydroxylation is 2. The highest BCUT2D eigenvalue weighted by Crippen LogP contribution is 2.21. The molecule has 1 aliphatic rings. The summed E-state index contributed by atoms with van der Waals surface area (Å²) < 4.78 is 0. The van der Waals surface area contributed by atoms with E-state index >= 15 is 0 Å². The van der Waals surface area contributed by atoms with E-state index in [1.54, 1.807) is 6.92 Å². The Kier molecular flexibility index (Phi) is 4.95. The van der Waals surface area contributed by atoms with Crippen molar-refractivity contribution in [2.75, 3.05) is 31.5 Å². The van der Waals surface area contributed by atoms with Crippen LogP contribution in [0.4, 0.5) is 5.13 Å². The van der Waals surface area contributed by atoms with E-state index in [0.717, 1.165) is 23.7 Å². The molecule has 0 saturated carbocycles. The fraction of sp³-hybridized carbons (Fsp3) is 0.643. The van der Waals surface area contributed by atoms with Crippen LogP contribution in [0.1, 0.15) is 24.4 Å². The van der Waals surface area contributed by atoms with Crippen molar-refractivity contribution in [3.05, 3.63) is 10.6 Å². The molecule has 1 aromatic heterocycles. The summed E-state index contributed by atoms with van der Waals surface area (Å²) in [6.07, 6.45) is 0. The Labute approximate surface area is 129 Å². The molecule has 1 N–H and O–H groups in total. The average Bonchev–Trinajstić information content (AvgIpc) is 2.76. The summed E-state index contributed by atoms with van der Waals surface area (Å²) in [5.41, 5.74) is 0.957. The first kappa shape index (κ1) is 15.9. The third-order valence-electron chi connectivity index (χ3n) is 3.95. The van der Waals surface area contributed by atoms with Crippen LogP contribution < -0.4 is 5.32 Å². The second kappa shape index (κ2) is 6.53. The van der Waals surface area contributed by atoms with Gasteiger partial charge in [0.2, 0.25) is 11.8 Å². The Morgan fingerprint density at radius 1 is 1.24 bits per heavy atom. The summed E-state index contributed by atoms with van der Waals surface area (Å²) in [6, 6.07) is -0.219. The van der Waals surface area contributed by atoms with E-state index in [1.807, 2.05) is 25.7 Å². The van der Waals surface area contributed by atoms with Crippen molar-refractivity contribution < 1.29 is 9.59 Å². The number of carbonyl (C=O) groups excluding carboxylic acids is 2. The van der Waals surface area contributed by atoms with Crippen molar-refractivity contribution >= 4 is 28.3 Å². The van der Waals surface area contributed by atoms with Crippen molar-refractivity contribution in [3.63, 3.8) is 0 Å². The average molecular weight is 310 g/mol. The zero-order chi connectivity index (χ0) is 15.6. The van der Waals surface area contributed by atoms with Crippen LogP contribution in [0.25, 0.3) is 0 Å². The summed E-state index contributed by atoms with van der Waals surface area (Å²) in [5.74, 6) is 0.0560. The highest BCUT2D eigenvalue weighted by atomic mass is 32.1. The molecule has 2 heterocycles. The number of hydrogen-bond donors (Lipinski definition) is 1. The molecule has 0 radical (unpaired) electrons. The lowest BCUT2D eigenvalue weighted by Gasteiger charge is -2.36. The van der Waals surface area contributed by atoms with E-state index in [2.05, 4.69) is 15.2 Å². The summed E-state index contributed by atoms with van der Waals surface area (Å²) in [6.45, 7) is 10.2. The Hall–Kier alpha value is -1.47. The van der Waals surface area contributed by atoms with Gasteiger partial charge in [-0.2, -0.15) is 0 Å². The van der Waals surface area contributed by atoms with Crippen LogP contribution in [0, 0.1) is 13.8 Å². The molecule has 1 unspecified atom stereocenters. The molecule has 116 valence electrons. The molecule has 0 aromatic carbocycles. The first-order valence-corrected chi connectivity index (χ1v) is 7.94. The summed E-state index contributed by atoms with van der Waals surface area (Å²) in [4.78, 5) is 32.9. The number of rotatable bonds is 3. The Morgan fingerprint density at radius 2 is 1.86 bits per heavy atom. The second-order valence-corrected chi connectivity index (χ2v) is 6.57. The van der Waals surface area contributed by atoms with E-state index in [0.29, 0.717) is 18.2 Å². The van der Waals surface area contributed by atoms with E-state index in [1.165, 1.54) is 11.3 Å². The summed E-state index contributed by atoms with van der Waals surface area (Å²) in [5, 5.41) is 3.54. The number of thiazole rings is 1. The third kappa shape index (κ3) is 3.79. The molecule has 1 fully saturated rings. The van der Waals surface area contributed by atoms with Crippen molar-refractivity contribution in [2.45, 2.75) is 33.7 Å². The van der Waals surface area contributed by atoms with Gasteiger partial charge in [-0.3, -0.25) is 14.5 Å². The number of amides is 2. The number of nitrogens with one attached hydrogen (secondary N) is 1. The van der Waals surface area contributed by atoms with Gasteiger partial charge in [0.25, 0.3) is 0 Å². The fourth-order valence-corrected chi connectivity index (χ4v) is 3.14. The molecule has 1 aliphatic heterocycles. The zero-order valence-electron chi connectivity index (χ0n) is 13.0. The van der Waals surface area contributed by atoms with Crippen LogP contribution in [0.2, 0.25) is 0 Å². The van der Waals surface area contributed by atoms with Gasteiger partial charge in [0.15, 0.2) is 5.13 Å². The van der Waals surface area contributed by atoms with Gasteiger partial charge in [0, 0.05) is 38.0 Å². The molecular weight excluding hydrogens is 288 g/mol. The third-order valence-corrected chi connectivity index (χ3v) is 4.93. The molecule has 2 rings (SSSR count). The fourth-order valence-electron chi connectivity index (χ4n) is 2.33. The molecule has 7 heteroatoms. The predicted octanol–water partition coefficient (Wildman–Crippen LogP) is 1.25. The van der Waals surface area contributed by atoms with E-state index < -0.39 is 0 Å². The molecule has 6 nitrogen and oxygen atoms in total. The van der Waals surface area contributed by atoms with Crippen LogP contribution in [0.3, 0.4) is 0 Å². The van der Waals surface area contributed by atoms with Crippen LogP contribution in [-0.2, 0) is 9.59 Å². The lowest BCUT2D eigenvalue weighted by atomic mass is 10.2.